The highest BCUT2D eigenvalue weighted by Gasteiger charge is 2.18. The molecule has 0 aliphatic carbocycles. The van der Waals surface area contributed by atoms with Gasteiger partial charge in [0.2, 0.25) is 0 Å². The van der Waals surface area contributed by atoms with Gasteiger partial charge in [0.1, 0.15) is 6.10 Å². The summed E-state index contributed by atoms with van der Waals surface area (Å²) >= 11 is 1.02. The SMILES string of the molecule is N#CC(O)C(O)c1ccc2[nH]c(=O)sc2c1. The molecule has 0 saturated carbocycles. The summed E-state index contributed by atoms with van der Waals surface area (Å²) < 4.78 is 0.687. The fraction of sp³-hybridized carbons (Fsp3) is 0.200. The lowest BCUT2D eigenvalue weighted by Gasteiger charge is -2.11. The predicted molar refractivity (Wildman–Crippen MR) is 59.0 cm³/mol. The second-order valence-electron chi connectivity index (χ2n) is 3.29. The molecule has 0 saturated heterocycles. The molecule has 0 aliphatic rings. The van der Waals surface area contributed by atoms with Crippen LogP contribution in [-0.2, 0) is 0 Å². The maximum atomic E-state index is 11.1. The smallest absolute Gasteiger partial charge is 0.305 e. The zero-order chi connectivity index (χ0) is 11.7. The minimum absolute atomic E-state index is 0.178. The Labute approximate surface area is 94.2 Å². The first-order valence-electron chi connectivity index (χ1n) is 4.50. The normalized spacial score (nSPS) is 14.6. The molecule has 5 nitrogen and oxygen atoms in total. The van der Waals surface area contributed by atoms with Gasteiger partial charge in [0.25, 0.3) is 0 Å². The molecule has 0 aliphatic heterocycles. The Kier molecular flexibility index (Phi) is 2.75. The standard InChI is InChI=1S/C10H8N2O3S/c11-4-7(13)9(14)5-1-2-6-8(3-5)16-10(15)12-6/h1-3,7,9,13-14H,(H,12,15). The largest absolute Gasteiger partial charge is 0.385 e. The molecule has 2 aromatic rings. The fourth-order valence-corrected chi connectivity index (χ4v) is 2.18. The lowest BCUT2D eigenvalue weighted by atomic mass is 10.1. The highest BCUT2D eigenvalue weighted by Crippen LogP contribution is 2.22. The Balaban J connectivity index is 2.47. The fourth-order valence-electron chi connectivity index (χ4n) is 1.40. The highest BCUT2D eigenvalue weighted by molar-refractivity contribution is 7.16. The summed E-state index contributed by atoms with van der Waals surface area (Å²) in [5, 5.41) is 27.2. The number of nitrogens with zero attached hydrogens (tertiary/aromatic N) is 1. The van der Waals surface area contributed by atoms with E-state index >= 15 is 0 Å². The second-order valence-corrected chi connectivity index (χ2v) is 4.30. The number of hydrogen-bond donors (Lipinski definition) is 3. The Hall–Kier alpha value is -1.68. The van der Waals surface area contributed by atoms with Crippen LogP contribution in [-0.4, -0.2) is 21.3 Å². The number of thiazole rings is 1. The number of aliphatic hydroxyl groups excluding tert-OH is 2. The third-order valence-electron chi connectivity index (χ3n) is 2.22. The van der Waals surface area contributed by atoms with E-state index in [1.54, 1.807) is 24.3 Å². The number of aromatic nitrogens is 1. The topological polar surface area (TPSA) is 97.1 Å². The molecule has 2 atom stereocenters. The molecule has 0 radical (unpaired) electrons. The molecular formula is C10H8N2O3S. The number of aliphatic hydroxyl groups is 2. The monoisotopic (exact) mass is 236 g/mol. The van der Waals surface area contributed by atoms with Crippen molar-refractivity contribution in [3.8, 4) is 6.07 Å². The molecule has 16 heavy (non-hydrogen) atoms. The van der Waals surface area contributed by atoms with Gasteiger partial charge in [-0.25, -0.2) is 0 Å². The van der Waals surface area contributed by atoms with E-state index in [2.05, 4.69) is 4.98 Å². The first-order valence-corrected chi connectivity index (χ1v) is 5.32. The summed E-state index contributed by atoms with van der Waals surface area (Å²) in [6, 6.07) is 6.34. The van der Waals surface area contributed by atoms with Gasteiger partial charge in [-0.15, -0.1) is 0 Å². The lowest BCUT2D eigenvalue weighted by Crippen LogP contribution is -2.15. The van der Waals surface area contributed by atoms with Crippen molar-refractivity contribution in [2.75, 3.05) is 0 Å². The summed E-state index contributed by atoms with van der Waals surface area (Å²) in [6.07, 6.45) is -2.72. The Morgan fingerprint density at radius 3 is 2.88 bits per heavy atom. The molecule has 1 heterocycles. The zero-order valence-corrected chi connectivity index (χ0v) is 8.86. The molecule has 2 unspecified atom stereocenters. The van der Waals surface area contributed by atoms with Gasteiger partial charge < -0.3 is 15.2 Å². The van der Waals surface area contributed by atoms with E-state index < -0.39 is 12.2 Å². The van der Waals surface area contributed by atoms with Gasteiger partial charge in [-0.2, -0.15) is 5.26 Å². The van der Waals surface area contributed by atoms with Crippen molar-refractivity contribution in [2.45, 2.75) is 12.2 Å². The second kappa shape index (κ2) is 4.06. The molecule has 0 fully saturated rings. The van der Waals surface area contributed by atoms with Gasteiger partial charge in [0.15, 0.2) is 6.10 Å². The summed E-state index contributed by atoms with van der Waals surface area (Å²) in [4.78, 5) is 13.5. The summed E-state index contributed by atoms with van der Waals surface area (Å²) in [6.45, 7) is 0. The molecule has 0 bridgehead atoms. The molecule has 2 rings (SSSR count). The highest BCUT2D eigenvalue weighted by atomic mass is 32.1. The summed E-state index contributed by atoms with van der Waals surface area (Å²) in [5.41, 5.74) is 1.09. The minimum atomic E-state index is -1.46. The first kappa shape index (κ1) is 10.8. The van der Waals surface area contributed by atoms with E-state index in [0.29, 0.717) is 15.8 Å². The van der Waals surface area contributed by atoms with E-state index in [1.807, 2.05) is 0 Å². The van der Waals surface area contributed by atoms with E-state index in [9.17, 15) is 15.0 Å². The van der Waals surface area contributed by atoms with Crippen molar-refractivity contribution in [2.24, 2.45) is 0 Å². The number of aromatic amines is 1. The molecule has 0 amide bonds. The number of hydrogen-bond acceptors (Lipinski definition) is 5. The van der Waals surface area contributed by atoms with Crippen LogP contribution in [0.2, 0.25) is 0 Å². The van der Waals surface area contributed by atoms with Crippen molar-refractivity contribution < 1.29 is 10.2 Å². The minimum Gasteiger partial charge on any atom is -0.385 e. The summed E-state index contributed by atoms with van der Waals surface area (Å²) in [5.74, 6) is 0. The van der Waals surface area contributed by atoms with E-state index in [0.717, 1.165) is 11.3 Å². The van der Waals surface area contributed by atoms with Crippen LogP contribution in [0.3, 0.4) is 0 Å². The van der Waals surface area contributed by atoms with E-state index in [1.165, 1.54) is 0 Å². The number of benzene rings is 1. The van der Waals surface area contributed by atoms with Gasteiger partial charge in [0.05, 0.1) is 16.3 Å². The van der Waals surface area contributed by atoms with Crippen LogP contribution >= 0.6 is 11.3 Å². The quantitative estimate of drug-likeness (QED) is 0.662. The van der Waals surface area contributed by atoms with Crippen molar-refractivity contribution in [3.63, 3.8) is 0 Å². The molecule has 1 aromatic carbocycles. The molecule has 1 aromatic heterocycles. The van der Waals surface area contributed by atoms with Gasteiger partial charge in [-0.05, 0) is 17.7 Å². The molecular weight excluding hydrogens is 228 g/mol. The molecule has 82 valence electrons. The molecule has 6 heteroatoms. The Morgan fingerprint density at radius 1 is 1.44 bits per heavy atom. The van der Waals surface area contributed by atoms with Gasteiger partial charge in [-0.3, -0.25) is 4.79 Å². The third kappa shape index (κ3) is 1.84. The van der Waals surface area contributed by atoms with Crippen LogP contribution in [0.4, 0.5) is 0 Å². The van der Waals surface area contributed by atoms with Crippen molar-refractivity contribution in [1.82, 2.24) is 4.98 Å². The van der Waals surface area contributed by atoms with Crippen LogP contribution in [0, 0.1) is 11.3 Å². The third-order valence-corrected chi connectivity index (χ3v) is 3.06. The van der Waals surface area contributed by atoms with Gasteiger partial charge in [-0.1, -0.05) is 17.4 Å². The van der Waals surface area contributed by atoms with Crippen LogP contribution in [0.15, 0.2) is 23.0 Å². The zero-order valence-electron chi connectivity index (χ0n) is 8.04. The van der Waals surface area contributed by atoms with E-state index in [4.69, 9.17) is 5.26 Å². The summed E-state index contributed by atoms with van der Waals surface area (Å²) in [7, 11) is 0. The number of nitriles is 1. The predicted octanol–water partition coefficient (Wildman–Crippen LogP) is 0.507. The lowest BCUT2D eigenvalue weighted by molar-refractivity contribution is 0.0529. The Bertz CT molecular complexity index is 610. The van der Waals surface area contributed by atoms with Crippen LogP contribution in [0.5, 0.6) is 0 Å². The Morgan fingerprint density at radius 2 is 2.19 bits per heavy atom. The van der Waals surface area contributed by atoms with Crippen molar-refractivity contribution >= 4 is 21.6 Å². The molecule has 3 N–H and O–H groups in total. The van der Waals surface area contributed by atoms with E-state index in [-0.39, 0.29) is 4.87 Å². The van der Waals surface area contributed by atoms with Gasteiger partial charge >= 0.3 is 4.87 Å². The van der Waals surface area contributed by atoms with Crippen LogP contribution < -0.4 is 4.87 Å². The van der Waals surface area contributed by atoms with Crippen LogP contribution in [0.25, 0.3) is 10.2 Å². The first-order chi connectivity index (χ1) is 7.61. The average Bonchev–Trinajstić information content (AvgIpc) is 2.65. The van der Waals surface area contributed by atoms with Crippen LogP contribution in [0.1, 0.15) is 11.7 Å². The average molecular weight is 236 g/mol. The number of H-pyrrole nitrogens is 1. The number of rotatable bonds is 2. The number of nitrogens with one attached hydrogen (secondary N) is 1. The van der Waals surface area contributed by atoms with Crippen molar-refractivity contribution in [3.05, 3.63) is 33.4 Å². The maximum Gasteiger partial charge on any atom is 0.305 e. The van der Waals surface area contributed by atoms with Gasteiger partial charge in [0, 0.05) is 0 Å². The molecule has 0 spiro atoms. The number of fused-ring (bicyclic) bond motifs is 1. The van der Waals surface area contributed by atoms with Crippen molar-refractivity contribution in [1.29, 1.82) is 5.26 Å². The maximum absolute atomic E-state index is 11.1.